The second-order valence-corrected chi connectivity index (χ2v) is 10.8. The first-order chi connectivity index (χ1) is 13.8. The predicted molar refractivity (Wildman–Crippen MR) is 121 cm³/mol. The Kier molecular flexibility index (Phi) is 4.93. The van der Waals surface area contributed by atoms with E-state index in [2.05, 4.69) is 55.7 Å². The third-order valence-corrected chi connectivity index (χ3v) is 8.35. The van der Waals surface area contributed by atoms with E-state index in [0.29, 0.717) is 6.04 Å². The molecule has 7 heteroatoms. The highest BCUT2D eigenvalue weighted by molar-refractivity contribution is 7.22. The van der Waals surface area contributed by atoms with E-state index in [4.69, 9.17) is 14.3 Å². The molecule has 3 aliphatic rings. The number of piperidine rings is 1. The minimum atomic E-state index is -0.315. The molecule has 1 aromatic carbocycles. The van der Waals surface area contributed by atoms with Gasteiger partial charge in [0.2, 0.25) is 0 Å². The highest BCUT2D eigenvalue weighted by Gasteiger charge is 2.51. The fraction of sp³-hybridized carbons (Fsp3) is 0.682. The van der Waals surface area contributed by atoms with Gasteiger partial charge in [-0.25, -0.2) is 4.98 Å². The van der Waals surface area contributed by atoms with E-state index in [1.54, 1.807) is 11.3 Å². The van der Waals surface area contributed by atoms with Gasteiger partial charge in [0.1, 0.15) is 0 Å². The molecule has 3 aliphatic heterocycles. The van der Waals surface area contributed by atoms with Gasteiger partial charge >= 0.3 is 7.12 Å². The van der Waals surface area contributed by atoms with Crippen LogP contribution >= 0.6 is 11.3 Å². The first-order valence-corrected chi connectivity index (χ1v) is 11.9. The average Bonchev–Trinajstić information content (AvgIpc) is 3.38. The molecule has 4 heterocycles. The Hall–Kier alpha value is -1.15. The van der Waals surface area contributed by atoms with Crippen LogP contribution in [0.2, 0.25) is 0 Å². The largest absolute Gasteiger partial charge is 0.494 e. The van der Waals surface area contributed by atoms with Gasteiger partial charge in [-0.05, 0) is 77.6 Å². The van der Waals surface area contributed by atoms with Crippen LogP contribution in [0.25, 0.3) is 10.2 Å². The highest BCUT2D eigenvalue weighted by atomic mass is 32.1. The molecule has 0 spiro atoms. The third kappa shape index (κ3) is 3.60. The van der Waals surface area contributed by atoms with E-state index >= 15 is 0 Å². The second-order valence-electron chi connectivity index (χ2n) is 9.80. The maximum atomic E-state index is 6.23. The summed E-state index contributed by atoms with van der Waals surface area (Å²) < 4.78 is 13.7. The summed E-state index contributed by atoms with van der Waals surface area (Å²) in [6.07, 6.45) is 5.38. The number of rotatable bonds is 3. The zero-order valence-electron chi connectivity index (χ0n) is 18.1. The number of thiazole rings is 1. The van der Waals surface area contributed by atoms with Crippen LogP contribution in [0, 0.1) is 0 Å². The molecule has 0 N–H and O–H groups in total. The molecule has 0 radical (unpaired) electrons. The van der Waals surface area contributed by atoms with Crippen molar-refractivity contribution < 1.29 is 9.31 Å². The van der Waals surface area contributed by atoms with Crippen LogP contribution in [0.1, 0.15) is 53.4 Å². The van der Waals surface area contributed by atoms with Gasteiger partial charge in [-0.1, -0.05) is 23.8 Å². The third-order valence-electron chi connectivity index (χ3n) is 7.27. The number of aromatic nitrogens is 1. The molecule has 0 amide bonds. The zero-order chi connectivity index (χ0) is 20.2. The number of fused-ring (bicyclic) bond motifs is 1. The number of likely N-dealkylation sites (tertiary alicyclic amines) is 1. The summed E-state index contributed by atoms with van der Waals surface area (Å²) in [4.78, 5) is 10.1. The van der Waals surface area contributed by atoms with Crippen LogP contribution in [-0.2, 0) is 9.31 Å². The van der Waals surface area contributed by atoms with Gasteiger partial charge in [0, 0.05) is 19.1 Å². The lowest BCUT2D eigenvalue weighted by molar-refractivity contribution is 0.00578. The number of nitrogens with zero attached hydrogens (tertiary/aromatic N) is 3. The summed E-state index contributed by atoms with van der Waals surface area (Å²) in [6, 6.07) is 7.13. The van der Waals surface area contributed by atoms with E-state index < -0.39 is 0 Å². The molecule has 156 valence electrons. The Morgan fingerprint density at radius 1 is 1.03 bits per heavy atom. The van der Waals surface area contributed by atoms with Gasteiger partial charge in [0.25, 0.3) is 0 Å². The number of hydrogen-bond acceptors (Lipinski definition) is 6. The molecule has 0 aliphatic carbocycles. The Morgan fingerprint density at radius 2 is 1.76 bits per heavy atom. The fourth-order valence-corrected chi connectivity index (χ4v) is 5.74. The van der Waals surface area contributed by atoms with E-state index in [1.807, 2.05) is 0 Å². The topological polar surface area (TPSA) is 37.8 Å². The molecule has 29 heavy (non-hydrogen) atoms. The van der Waals surface area contributed by atoms with Crippen molar-refractivity contribution in [3.05, 3.63) is 18.2 Å². The normalized spacial score (nSPS) is 27.2. The van der Waals surface area contributed by atoms with Crippen molar-refractivity contribution in [1.29, 1.82) is 0 Å². The molecular formula is C22H32BN3O2S. The summed E-state index contributed by atoms with van der Waals surface area (Å²) in [6.45, 7) is 13.2. The summed E-state index contributed by atoms with van der Waals surface area (Å²) in [5.41, 5.74) is 1.53. The van der Waals surface area contributed by atoms with Crippen molar-refractivity contribution in [2.24, 2.45) is 0 Å². The second kappa shape index (κ2) is 7.22. The summed E-state index contributed by atoms with van der Waals surface area (Å²) in [5, 5.41) is 1.16. The van der Waals surface area contributed by atoms with Gasteiger partial charge in [-0.3, -0.25) is 4.90 Å². The van der Waals surface area contributed by atoms with Crippen molar-refractivity contribution in [3.63, 3.8) is 0 Å². The van der Waals surface area contributed by atoms with Crippen LogP contribution in [-0.4, -0.2) is 60.4 Å². The van der Waals surface area contributed by atoms with Gasteiger partial charge in [-0.15, -0.1) is 0 Å². The smallest absolute Gasteiger partial charge is 0.399 e. The Morgan fingerprint density at radius 3 is 2.48 bits per heavy atom. The molecule has 0 unspecified atom stereocenters. The number of anilines is 1. The predicted octanol–water partition coefficient (Wildman–Crippen LogP) is 3.66. The molecule has 1 aromatic heterocycles. The maximum absolute atomic E-state index is 6.23. The maximum Gasteiger partial charge on any atom is 0.494 e. The standard InChI is InChI=1S/C22H32BN3O2S/c1-21(2)22(3,4)28-23(27-21)16-8-9-18-19(14-16)29-20(24-18)26-13-10-17(15-26)25-11-6-5-7-12-25/h8-9,14,17H,5-7,10-13,15H2,1-4H3/t17-/m1/s1. The van der Waals surface area contributed by atoms with Crippen LogP contribution < -0.4 is 10.4 Å². The molecule has 3 saturated heterocycles. The van der Waals surface area contributed by atoms with Gasteiger partial charge in [0.15, 0.2) is 5.13 Å². The molecule has 5 rings (SSSR count). The number of hydrogen-bond donors (Lipinski definition) is 0. The minimum Gasteiger partial charge on any atom is -0.399 e. The average molecular weight is 413 g/mol. The van der Waals surface area contributed by atoms with Crippen LogP contribution in [0.4, 0.5) is 5.13 Å². The lowest BCUT2D eigenvalue weighted by atomic mass is 9.79. The van der Waals surface area contributed by atoms with Gasteiger partial charge in [0.05, 0.1) is 21.4 Å². The monoisotopic (exact) mass is 413 g/mol. The zero-order valence-corrected chi connectivity index (χ0v) is 18.9. The van der Waals surface area contributed by atoms with Crippen LogP contribution in [0.3, 0.4) is 0 Å². The van der Waals surface area contributed by atoms with Crippen molar-refractivity contribution >= 4 is 39.3 Å². The SMILES string of the molecule is CC1(C)OB(c2ccc3nc(N4CC[C@@H](N5CCCCC5)C4)sc3c2)OC1(C)C. The van der Waals surface area contributed by atoms with Gasteiger partial charge in [-0.2, -0.15) is 0 Å². The quantitative estimate of drug-likeness (QED) is 0.718. The highest BCUT2D eigenvalue weighted by Crippen LogP contribution is 2.37. The first kappa shape index (κ1) is 19.8. The molecule has 0 bridgehead atoms. The van der Waals surface area contributed by atoms with Crippen LogP contribution in [0.5, 0.6) is 0 Å². The van der Waals surface area contributed by atoms with Crippen molar-refractivity contribution in [2.45, 2.75) is 70.6 Å². The van der Waals surface area contributed by atoms with E-state index in [-0.39, 0.29) is 18.3 Å². The lowest BCUT2D eigenvalue weighted by Crippen LogP contribution is -2.41. The first-order valence-electron chi connectivity index (χ1n) is 11.1. The molecule has 0 saturated carbocycles. The summed E-state index contributed by atoms with van der Waals surface area (Å²) in [5.74, 6) is 0. The molecular weight excluding hydrogens is 381 g/mol. The van der Waals surface area contributed by atoms with Crippen molar-refractivity contribution in [2.75, 3.05) is 31.1 Å². The van der Waals surface area contributed by atoms with Crippen molar-refractivity contribution in [1.82, 2.24) is 9.88 Å². The van der Waals surface area contributed by atoms with Crippen LogP contribution in [0.15, 0.2) is 18.2 Å². The van der Waals surface area contributed by atoms with Crippen molar-refractivity contribution in [3.8, 4) is 0 Å². The minimum absolute atomic E-state index is 0.315. The summed E-state index contributed by atoms with van der Waals surface area (Å²) in [7, 11) is -0.315. The fourth-order valence-electron chi connectivity index (χ4n) is 4.69. The molecule has 1 atom stereocenters. The Labute approximate surface area is 178 Å². The van der Waals surface area contributed by atoms with E-state index in [0.717, 1.165) is 29.2 Å². The lowest BCUT2D eigenvalue weighted by Gasteiger charge is -2.32. The molecule has 5 nitrogen and oxygen atoms in total. The Balaban J connectivity index is 1.33. The van der Waals surface area contributed by atoms with E-state index in [1.165, 1.54) is 43.5 Å². The van der Waals surface area contributed by atoms with Gasteiger partial charge < -0.3 is 14.2 Å². The van der Waals surface area contributed by atoms with E-state index in [9.17, 15) is 0 Å². The summed E-state index contributed by atoms with van der Waals surface area (Å²) >= 11 is 1.80. The molecule has 2 aromatic rings. The Bertz CT molecular complexity index is 877. The molecule has 3 fully saturated rings. The number of benzene rings is 1.